The highest BCUT2D eigenvalue weighted by Gasteiger charge is 2.28. The molecular formula is C24H30N6O3. The largest absolute Gasteiger partial charge is 0.396 e. The number of nitrogens with zero attached hydrogens (tertiary/aromatic N) is 5. The first-order chi connectivity index (χ1) is 16.1. The van der Waals surface area contributed by atoms with E-state index in [0.717, 1.165) is 54.0 Å². The third kappa shape index (κ3) is 4.43. The van der Waals surface area contributed by atoms with Crippen molar-refractivity contribution in [3.05, 3.63) is 36.3 Å². The maximum absolute atomic E-state index is 12.4. The smallest absolute Gasteiger partial charge is 0.224 e. The van der Waals surface area contributed by atoms with Gasteiger partial charge in [0.1, 0.15) is 11.5 Å². The first-order valence-electron chi connectivity index (χ1n) is 11.7. The van der Waals surface area contributed by atoms with E-state index in [4.69, 9.17) is 14.7 Å². The second-order valence-corrected chi connectivity index (χ2v) is 8.84. The Hall–Kier alpha value is -3.04. The number of rotatable bonds is 5. The first-order valence-corrected chi connectivity index (χ1v) is 11.7. The van der Waals surface area contributed by atoms with E-state index < -0.39 is 0 Å². The maximum atomic E-state index is 12.4. The number of amides is 1. The average Bonchev–Trinajstić information content (AvgIpc) is 3.33. The van der Waals surface area contributed by atoms with Gasteiger partial charge in [-0.2, -0.15) is 0 Å². The molecule has 5 rings (SSSR count). The molecule has 174 valence electrons. The molecule has 1 amide bonds. The zero-order chi connectivity index (χ0) is 22.8. The lowest BCUT2D eigenvalue weighted by atomic mass is 9.93. The lowest BCUT2D eigenvalue weighted by molar-refractivity contribution is -0.133. The predicted octanol–water partition coefficient (Wildman–Crippen LogP) is 2.33. The Morgan fingerprint density at radius 3 is 3.06 bits per heavy atom. The summed E-state index contributed by atoms with van der Waals surface area (Å²) in [5.41, 5.74) is 2.70. The summed E-state index contributed by atoms with van der Waals surface area (Å²) in [4.78, 5) is 34.2. The van der Waals surface area contributed by atoms with Gasteiger partial charge in [0.25, 0.3) is 0 Å². The summed E-state index contributed by atoms with van der Waals surface area (Å²) in [6.07, 6.45) is 5.70. The molecule has 2 atom stereocenters. The molecule has 3 aromatic rings. The number of hydrogen-bond acceptors (Lipinski definition) is 7. The standard InChI is InChI=1S/C24H30N6O3/c1-16-15-33-12-10-30(16)21-13-20(17-3-2-9-29(14-17)22(32)6-11-31)27-24(28-21)19-5-8-26-23-18(19)4-7-25-23/h4-5,7-8,13,16-17,31H,2-3,6,9-12,14-15H2,1H3,(H,25,26)/t16-,17-/m1/s1. The SMILES string of the molecule is C[C@@H]1COCCN1c1cc([C@@H]2CCCN(C(=O)CCO)C2)nc(-c2ccnc3[nH]ccc23)n1. The van der Waals surface area contributed by atoms with Crippen molar-refractivity contribution in [1.29, 1.82) is 0 Å². The van der Waals surface area contributed by atoms with Crippen LogP contribution in [0.2, 0.25) is 0 Å². The molecule has 2 N–H and O–H groups in total. The van der Waals surface area contributed by atoms with Crippen molar-refractivity contribution in [1.82, 2.24) is 24.8 Å². The number of nitrogens with one attached hydrogen (secondary N) is 1. The van der Waals surface area contributed by atoms with Crippen molar-refractivity contribution in [2.24, 2.45) is 0 Å². The first kappa shape index (κ1) is 21.8. The van der Waals surface area contributed by atoms with Crippen molar-refractivity contribution in [3.8, 4) is 11.4 Å². The molecule has 0 aromatic carbocycles. The number of piperidine rings is 1. The topological polar surface area (TPSA) is 107 Å². The van der Waals surface area contributed by atoms with Crippen LogP contribution in [0.5, 0.6) is 0 Å². The van der Waals surface area contributed by atoms with E-state index in [1.807, 2.05) is 23.2 Å². The lowest BCUT2D eigenvalue weighted by Crippen LogP contribution is -2.44. The van der Waals surface area contributed by atoms with Gasteiger partial charge in [0, 0.05) is 61.4 Å². The third-order valence-electron chi connectivity index (χ3n) is 6.61. The highest BCUT2D eigenvalue weighted by molar-refractivity contribution is 5.91. The molecule has 3 aromatic heterocycles. The average molecular weight is 451 g/mol. The van der Waals surface area contributed by atoms with Crippen molar-refractivity contribution in [3.63, 3.8) is 0 Å². The zero-order valence-electron chi connectivity index (χ0n) is 18.9. The van der Waals surface area contributed by atoms with Crippen LogP contribution in [0.1, 0.15) is 37.8 Å². The number of aromatic nitrogens is 4. The molecule has 5 heterocycles. The second-order valence-electron chi connectivity index (χ2n) is 8.84. The Bertz CT molecular complexity index is 1130. The number of pyridine rings is 1. The van der Waals surface area contributed by atoms with Crippen LogP contribution in [0.15, 0.2) is 30.6 Å². The molecule has 0 spiro atoms. The van der Waals surface area contributed by atoms with E-state index in [9.17, 15) is 9.90 Å². The van der Waals surface area contributed by atoms with Crippen LogP contribution >= 0.6 is 0 Å². The van der Waals surface area contributed by atoms with Crippen molar-refractivity contribution >= 4 is 22.8 Å². The Balaban J connectivity index is 1.56. The summed E-state index contributed by atoms with van der Waals surface area (Å²) < 4.78 is 5.64. The van der Waals surface area contributed by atoms with Crippen LogP contribution in [-0.2, 0) is 9.53 Å². The van der Waals surface area contributed by atoms with E-state index in [0.29, 0.717) is 25.6 Å². The van der Waals surface area contributed by atoms with Gasteiger partial charge >= 0.3 is 0 Å². The van der Waals surface area contributed by atoms with E-state index in [-0.39, 0.29) is 30.9 Å². The fourth-order valence-electron chi connectivity index (χ4n) is 4.85. The summed E-state index contributed by atoms with van der Waals surface area (Å²) >= 11 is 0. The van der Waals surface area contributed by atoms with Crippen molar-refractivity contribution < 1.29 is 14.6 Å². The highest BCUT2D eigenvalue weighted by atomic mass is 16.5. The van der Waals surface area contributed by atoms with Gasteiger partial charge in [0.15, 0.2) is 5.82 Å². The second kappa shape index (κ2) is 9.44. The molecule has 0 unspecified atom stereocenters. The number of morpholine rings is 1. The normalized spacial score (nSPS) is 21.5. The molecule has 0 aliphatic carbocycles. The predicted molar refractivity (Wildman–Crippen MR) is 125 cm³/mol. The Kier molecular flexibility index (Phi) is 6.24. The molecule has 9 heteroatoms. The van der Waals surface area contributed by atoms with Gasteiger partial charge in [0.05, 0.1) is 31.6 Å². The lowest BCUT2D eigenvalue weighted by Gasteiger charge is -2.36. The highest BCUT2D eigenvalue weighted by Crippen LogP contribution is 2.32. The van der Waals surface area contributed by atoms with Crippen LogP contribution in [0.25, 0.3) is 22.4 Å². The summed E-state index contributed by atoms with van der Waals surface area (Å²) in [5.74, 6) is 1.69. The number of likely N-dealkylation sites (tertiary alicyclic amines) is 1. The molecule has 9 nitrogen and oxygen atoms in total. The molecule has 0 saturated carbocycles. The minimum absolute atomic E-state index is 0.00155. The zero-order valence-corrected chi connectivity index (χ0v) is 18.9. The van der Waals surface area contributed by atoms with E-state index in [2.05, 4.69) is 27.9 Å². The summed E-state index contributed by atoms with van der Waals surface area (Å²) in [7, 11) is 0. The van der Waals surface area contributed by atoms with E-state index >= 15 is 0 Å². The van der Waals surface area contributed by atoms with Gasteiger partial charge in [-0.15, -0.1) is 0 Å². The van der Waals surface area contributed by atoms with Crippen molar-refractivity contribution in [2.45, 2.75) is 38.1 Å². The van der Waals surface area contributed by atoms with E-state index in [1.54, 1.807) is 6.20 Å². The molecule has 2 fully saturated rings. The molecular weight excluding hydrogens is 420 g/mol. The fraction of sp³-hybridized carbons (Fsp3) is 0.500. The maximum Gasteiger partial charge on any atom is 0.224 e. The molecule has 2 aliphatic rings. The number of aliphatic hydroxyl groups excluding tert-OH is 1. The number of aromatic amines is 1. The van der Waals surface area contributed by atoms with E-state index in [1.165, 1.54) is 0 Å². The number of hydrogen-bond donors (Lipinski definition) is 2. The van der Waals surface area contributed by atoms with Gasteiger partial charge in [-0.1, -0.05) is 0 Å². The molecule has 0 bridgehead atoms. The summed E-state index contributed by atoms with van der Waals surface area (Å²) in [5, 5.41) is 10.2. The molecule has 33 heavy (non-hydrogen) atoms. The number of fused-ring (bicyclic) bond motifs is 1. The van der Waals surface area contributed by atoms with Crippen LogP contribution in [0, 0.1) is 0 Å². The third-order valence-corrected chi connectivity index (χ3v) is 6.61. The van der Waals surface area contributed by atoms with Gasteiger partial charge in [-0.05, 0) is 31.9 Å². The monoisotopic (exact) mass is 450 g/mol. The quantitative estimate of drug-likeness (QED) is 0.614. The summed E-state index contributed by atoms with van der Waals surface area (Å²) in [6, 6.07) is 6.26. The van der Waals surface area contributed by atoms with Gasteiger partial charge < -0.3 is 24.6 Å². The minimum Gasteiger partial charge on any atom is -0.396 e. The summed E-state index contributed by atoms with van der Waals surface area (Å²) in [6.45, 7) is 5.48. The van der Waals surface area contributed by atoms with Gasteiger partial charge in [-0.25, -0.2) is 15.0 Å². The van der Waals surface area contributed by atoms with Gasteiger partial charge in [-0.3, -0.25) is 4.79 Å². The van der Waals surface area contributed by atoms with Crippen LogP contribution in [-0.4, -0.2) is 81.3 Å². The molecule has 2 aliphatic heterocycles. The number of H-pyrrole nitrogens is 1. The number of aliphatic hydroxyl groups is 1. The molecule has 2 saturated heterocycles. The number of ether oxygens (including phenoxy) is 1. The number of carbonyl (C=O) groups excluding carboxylic acids is 1. The minimum atomic E-state index is -0.120. The molecule has 0 radical (unpaired) electrons. The van der Waals surface area contributed by atoms with Crippen LogP contribution in [0.4, 0.5) is 5.82 Å². The number of carbonyl (C=O) groups is 1. The Morgan fingerprint density at radius 2 is 2.21 bits per heavy atom. The Morgan fingerprint density at radius 1 is 1.30 bits per heavy atom. The number of anilines is 1. The Labute approximate surface area is 192 Å². The van der Waals surface area contributed by atoms with Gasteiger partial charge in [0.2, 0.25) is 5.91 Å². The van der Waals surface area contributed by atoms with Crippen LogP contribution in [0.3, 0.4) is 0 Å². The fourth-order valence-corrected chi connectivity index (χ4v) is 4.85. The van der Waals surface area contributed by atoms with Crippen molar-refractivity contribution in [2.75, 3.05) is 44.4 Å². The van der Waals surface area contributed by atoms with Crippen LogP contribution < -0.4 is 4.90 Å².